The smallest absolute Gasteiger partial charge is 0.326 e. The number of hydrogen-bond acceptors (Lipinski definition) is 4. The van der Waals surface area contributed by atoms with E-state index in [4.69, 9.17) is 0 Å². The number of hydrogen-bond donors (Lipinski definition) is 2. The minimum absolute atomic E-state index is 0.0250. The number of likely N-dealkylation sites (tertiary alicyclic amines) is 1. The summed E-state index contributed by atoms with van der Waals surface area (Å²) in [6.45, 7) is 3.74. The molecule has 1 aromatic rings. The summed E-state index contributed by atoms with van der Waals surface area (Å²) in [6, 6.07) is 8.29. The van der Waals surface area contributed by atoms with E-state index in [1.54, 1.807) is 11.8 Å². The quantitative estimate of drug-likeness (QED) is 0.614. The van der Waals surface area contributed by atoms with Crippen molar-refractivity contribution in [3.05, 3.63) is 35.9 Å². The first kappa shape index (κ1) is 22.5. The molecule has 5 atom stereocenters. The van der Waals surface area contributed by atoms with Crippen LogP contribution in [0.25, 0.3) is 0 Å². The minimum atomic E-state index is -0.923. The average Bonchev–Trinajstić information content (AvgIpc) is 3.32. The Morgan fingerprint density at radius 1 is 1.20 bits per heavy atom. The van der Waals surface area contributed by atoms with Gasteiger partial charge in [-0.3, -0.25) is 14.9 Å². The van der Waals surface area contributed by atoms with Gasteiger partial charge in [0.1, 0.15) is 11.8 Å². The zero-order valence-electron chi connectivity index (χ0n) is 18.0. The monoisotopic (exact) mass is 414 g/mol. The fourth-order valence-electron chi connectivity index (χ4n) is 5.14. The second-order valence-corrected chi connectivity index (χ2v) is 8.78. The SMILES string of the molecule is CCCC(=O)[C@H](CCc1ccccc1)N[C@H](C)C(=O)N1[C@H](C(=O)O)C[C@@H]2CCC[C@@H]21. The number of amides is 1. The zero-order chi connectivity index (χ0) is 21.7. The Hall–Kier alpha value is -2.21. The standard InChI is InChI=1S/C24H34N2O4/c1-3-8-22(27)19(14-13-17-9-5-4-6-10-17)25-16(2)23(28)26-20-12-7-11-18(20)15-21(26)24(29)30/h4-6,9-10,16,18-21,25H,3,7-8,11-15H2,1-2H3,(H,29,30)/t16-,18+,19+,20+,21+/m1/s1. The molecule has 0 unspecified atom stereocenters. The molecule has 1 aromatic carbocycles. The summed E-state index contributed by atoms with van der Waals surface area (Å²) >= 11 is 0. The number of fused-ring (bicyclic) bond motifs is 1. The highest BCUT2D eigenvalue weighted by Gasteiger charge is 2.49. The van der Waals surface area contributed by atoms with Crippen molar-refractivity contribution >= 4 is 17.7 Å². The summed E-state index contributed by atoms with van der Waals surface area (Å²) in [5, 5.41) is 12.9. The van der Waals surface area contributed by atoms with Crippen LogP contribution >= 0.6 is 0 Å². The molecule has 1 aliphatic carbocycles. The lowest BCUT2D eigenvalue weighted by molar-refractivity contribution is -0.150. The van der Waals surface area contributed by atoms with Gasteiger partial charge in [0.15, 0.2) is 0 Å². The molecule has 0 aromatic heterocycles. The van der Waals surface area contributed by atoms with E-state index < -0.39 is 24.1 Å². The van der Waals surface area contributed by atoms with Gasteiger partial charge in [0.25, 0.3) is 0 Å². The highest BCUT2D eigenvalue weighted by molar-refractivity contribution is 5.89. The van der Waals surface area contributed by atoms with Crippen molar-refractivity contribution in [1.29, 1.82) is 0 Å². The van der Waals surface area contributed by atoms with Crippen LogP contribution in [0.1, 0.15) is 64.4 Å². The van der Waals surface area contributed by atoms with Crippen LogP contribution in [0.4, 0.5) is 0 Å². The number of aliphatic carboxylic acids is 1. The second-order valence-electron chi connectivity index (χ2n) is 8.78. The Morgan fingerprint density at radius 2 is 1.93 bits per heavy atom. The molecule has 1 heterocycles. The first-order valence-corrected chi connectivity index (χ1v) is 11.3. The summed E-state index contributed by atoms with van der Waals surface area (Å²) in [7, 11) is 0. The molecule has 1 saturated heterocycles. The van der Waals surface area contributed by atoms with Gasteiger partial charge in [-0.15, -0.1) is 0 Å². The number of carboxylic acid groups (broad SMARTS) is 1. The number of carbonyl (C=O) groups is 3. The molecule has 3 rings (SSSR count). The highest BCUT2D eigenvalue weighted by atomic mass is 16.4. The van der Waals surface area contributed by atoms with Crippen molar-refractivity contribution in [3.8, 4) is 0 Å². The maximum atomic E-state index is 13.3. The number of carbonyl (C=O) groups excluding carboxylic acids is 2. The fraction of sp³-hybridized carbons (Fsp3) is 0.625. The zero-order valence-corrected chi connectivity index (χ0v) is 18.0. The third-order valence-corrected chi connectivity index (χ3v) is 6.65. The molecule has 0 spiro atoms. The van der Waals surface area contributed by atoms with E-state index in [2.05, 4.69) is 5.32 Å². The number of carboxylic acids is 1. The molecule has 1 saturated carbocycles. The van der Waals surface area contributed by atoms with Gasteiger partial charge in [0.05, 0.1) is 12.1 Å². The topological polar surface area (TPSA) is 86.7 Å². The van der Waals surface area contributed by atoms with Crippen molar-refractivity contribution in [2.75, 3.05) is 0 Å². The van der Waals surface area contributed by atoms with Crippen LogP contribution < -0.4 is 5.32 Å². The van der Waals surface area contributed by atoms with Gasteiger partial charge in [-0.25, -0.2) is 4.79 Å². The van der Waals surface area contributed by atoms with Gasteiger partial charge in [0.2, 0.25) is 5.91 Å². The van der Waals surface area contributed by atoms with E-state index in [0.717, 1.165) is 37.7 Å². The highest BCUT2D eigenvalue weighted by Crippen LogP contribution is 2.41. The van der Waals surface area contributed by atoms with E-state index in [-0.39, 0.29) is 23.7 Å². The maximum absolute atomic E-state index is 13.3. The fourth-order valence-corrected chi connectivity index (χ4v) is 5.14. The number of benzene rings is 1. The number of aryl methyl sites for hydroxylation is 1. The molecule has 1 aliphatic heterocycles. The van der Waals surface area contributed by atoms with Gasteiger partial charge in [-0.1, -0.05) is 43.7 Å². The summed E-state index contributed by atoms with van der Waals surface area (Å²) < 4.78 is 0. The Balaban J connectivity index is 1.68. The van der Waals surface area contributed by atoms with Crippen molar-refractivity contribution in [2.45, 2.75) is 89.4 Å². The number of nitrogens with zero attached hydrogens (tertiary/aromatic N) is 1. The van der Waals surface area contributed by atoms with Crippen molar-refractivity contribution in [2.24, 2.45) is 5.92 Å². The molecular formula is C24H34N2O4. The van der Waals surface area contributed by atoms with E-state index >= 15 is 0 Å². The molecule has 6 nitrogen and oxygen atoms in total. The molecule has 164 valence electrons. The van der Waals surface area contributed by atoms with Crippen molar-refractivity contribution in [3.63, 3.8) is 0 Å². The number of Topliss-reactive ketones (excluding diaryl/α,β-unsaturated/α-hetero) is 1. The lowest BCUT2D eigenvalue weighted by atomic mass is 9.99. The van der Waals surface area contributed by atoms with Gasteiger partial charge in [0, 0.05) is 12.5 Å². The van der Waals surface area contributed by atoms with E-state index in [1.165, 1.54) is 0 Å². The first-order chi connectivity index (χ1) is 14.4. The minimum Gasteiger partial charge on any atom is -0.480 e. The van der Waals surface area contributed by atoms with E-state index in [0.29, 0.717) is 19.3 Å². The summed E-state index contributed by atoms with van der Waals surface area (Å²) in [5.41, 5.74) is 1.16. The van der Waals surface area contributed by atoms with Gasteiger partial charge >= 0.3 is 5.97 Å². The van der Waals surface area contributed by atoms with Gasteiger partial charge < -0.3 is 10.0 Å². The average molecular weight is 415 g/mol. The third-order valence-electron chi connectivity index (χ3n) is 6.65. The lowest BCUT2D eigenvalue weighted by Crippen LogP contribution is -2.55. The van der Waals surface area contributed by atoms with Crippen LogP contribution in [0.3, 0.4) is 0 Å². The molecule has 30 heavy (non-hydrogen) atoms. The summed E-state index contributed by atoms with van der Waals surface area (Å²) in [5.74, 6) is -0.709. The Labute approximate surface area is 179 Å². The number of nitrogens with one attached hydrogen (secondary N) is 1. The Morgan fingerprint density at radius 3 is 2.60 bits per heavy atom. The number of ketones is 1. The van der Waals surface area contributed by atoms with Crippen LogP contribution in [0.2, 0.25) is 0 Å². The van der Waals surface area contributed by atoms with Crippen LogP contribution in [0, 0.1) is 5.92 Å². The molecule has 0 bridgehead atoms. The molecule has 0 radical (unpaired) electrons. The first-order valence-electron chi connectivity index (χ1n) is 11.3. The normalized spacial score (nSPS) is 25.0. The molecule has 2 fully saturated rings. The summed E-state index contributed by atoms with van der Waals surface area (Å²) in [4.78, 5) is 39.4. The van der Waals surface area contributed by atoms with E-state index in [9.17, 15) is 19.5 Å². The number of rotatable bonds is 10. The Kier molecular flexibility index (Phi) is 7.64. The molecule has 2 aliphatic rings. The molecular weight excluding hydrogens is 380 g/mol. The predicted molar refractivity (Wildman–Crippen MR) is 115 cm³/mol. The maximum Gasteiger partial charge on any atom is 0.326 e. The van der Waals surface area contributed by atoms with Crippen molar-refractivity contribution in [1.82, 2.24) is 10.2 Å². The van der Waals surface area contributed by atoms with Crippen LogP contribution in [0.5, 0.6) is 0 Å². The van der Waals surface area contributed by atoms with Crippen molar-refractivity contribution < 1.29 is 19.5 Å². The molecule has 2 N–H and O–H groups in total. The van der Waals surface area contributed by atoms with E-state index in [1.807, 2.05) is 37.3 Å². The summed E-state index contributed by atoms with van der Waals surface area (Å²) in [6.07, 6.45) is 6.07. The van der Waals surface area contributed by atoms with Crippen LogP contribution in [0.15, 0.2) is 30.3 Å². The Bertz CT molecular complexity index is 751. The lowest BCUT2D eigenvalue weighted by Gasteiger charge is -2.32. The van der Waals surface area contributed by atoms with Crippen LogP contribution in [-0.2, 0) is 20.8 Å². The van der Waals surface area contributed by atoms with Crippen LogP contribution in [-0.4, -0.2) is 51.8 Å². The largest absolute Gasteiger partial charge is 0.480 e. The predicted octanol–water partition coefficient (Wildman–Crippen LogP) is 3.19. The van der Waals surface area contributed by atoms with Gasteiger partial charge in [-0.05, 0) is 56.9 Å². The van der Waals surface area contributed by atoms with Gasteiger partial charge in [-0.2, -0.15) is 0 Å². The third kappa shape index (κ3) is 5.09. The molecule has 1 amide bonds. The molecule has 6 heteroatoms. The second kappa shape index (κ2) is 10.2.